The number of hydrogen-bond acceptors (Lipinski definition) is 4. The Balaban J connectivity index is 1.48. The van der Waals surface area contributed by atoms with Crippen LogP contribution in [0.2, 0.25) is 5.02 Å². The highest BCUT2D eigenvalue weighted by atomic mass is 35.5. The van der Waals surface area contributed by atoms with Crippen LogP contribution in [0.5, 0.6) is 0 Å². The zero-order valence-electron chi connectivity index (χ0n) is 15.6. The van der Waals surface area contributed by atoms with E-state index in [1.165, 1.54) is 0 Å². The van der Waals surface area contributed by atoms with Crippen molar-refractivity contribution in [2.75, 3.05) is 11.9 Å². The third kappa shape index (κ3) is 4.33. The molecule has 6 nitrogen and oxygen atoms in total. The number of anilines is 1. The highest BCUT2D eigenvalue weighted by Gasteiger charge is 2.31. The third-order valence-corrected chi connectivity index (χ3v) is 5.59. The Labute approximate surface area is 169 Å². The summed E-state index contributed by atoms with van der Waals surface area (Å²) < 4.78 is 0. The van der Waals surface area contributed by atoms with Crippen LogP contribution in [-0.2, 0) is 9.59 Å². The molecule has 146 valence electrons. The largest absolute Gasteiger partial charge is 0.327 e. The Kier molecular flexibility index (Phi) is 5.57. The minimum atomic E-state index is -0.649. The van der Waals surface area contributed by atoms with Gasteiger partial charge in [0.1, 0.15) is 5.82 Å². The number of hydrogen-bond donors (Lipinski definition) is 1. The number of nitrogens with zero attached hydrogens (tertiary/aromatic N) is 3. The van der Waals surface area contributed by atoms with E-state index in [0.29, 0.717) is 23.2 Å². The van der Waals surface area contributed by atoms with E-state index in [1.54, 1.807) is 17.3 Å². The van der Waals surface area contributed by atoms with Crippen molar-refractivity contribution in [2.45, 2.75) is 50.5 Å². The molecule has 28 heavy (non-hydrogen) atoms. The molecule has 2 aliphatic rings. The van der Waals surface area contributed by atoms with Crippen molar-refractivity contribution >= 4 is 29.1 Å². The van der Waals surface area contributed by atoms with Crippen LogP contribution >= 0.6 is 11.6 Å². The van der Waals surface area contributed by atoms with Crippen LogP contribution in [0.4, 0.5) is 5.69 Å². The van der Waals surface area contributed by atoms with E-state index < -0.39 is 11.8 Å². The van der Waals surface area contributed by atoms with Gasteiger partial charge in [-0.3, -0.25) is 9.59 Å². The van der Waals surface area contributed by atoms with E-state index >= 15 is 0 Å². The van der Waals surface area contributed by atoms with Crippen LogP contribution in [0, 0.1) is 0 Å². The third-order valence-electron chi connectivity index (χ3n) is 5.33. The van der Waals surface area contributed by atoms with Crippen molar-refractivity contribution in [1.29, 1.82) is 0 Å². The summed E-state index contributed by atoms with van der Waals surface area (Å²) in [4.78, 5) is 35.8. The molecule has 1 saturated heterocycles. The normalized spacial score (nSPS) is 19.8. The number of halogens is 1. The molecule has 7 heteroatoms. The fraction of sp³-hybridized carbons (Fsp3) is 0.429. The maximum absolute atomic E-state index is 12.9. The highest BCUT2D eigenvalue weighted by molar-refractivity contribution is 6.39. The van der Waals surface area contributed by atoms with E-state index in [0.717, 1.165) is 49.9 Å². The van der Waals surface area contributed by atoms with Gasteiger partial charge in [-0.05, 0) is 43.4 Å². The Hall–Kier alpha value is -2.47. The molecular weight excluding hydrogens is 376 g/mol. The number of likely N-dealkylation sites (tertiary alicyclic amines) is 1. The van der Waals surface area contributed by atoms with E-state index in [-0.39, 0.29) is 6.04 Å². The van der Waals surface area contributed by atoms with Crippen LogP contribution < -0.4 is 5.32 Å². The fourth-order valence-electron chi connectivity index (χ4n) is 3.65. The summed E-state index contributed by atoms with van der Waals surface area (Å²) in [6.07, 6.45) is 9.18. The molecule has 1 aliphatic heterocycles. The summed E-state index contributed by atoms with van der Waals surface area (Å²) >= 11 is 6.00. The van der Waals surface area contributed by atoms with E-state index in [9.17, 15) is 9.59 Å². The van der Waals surface area contributed by atoms with Gasteiger partial charge in [0.05, 0.1) is 24.1 Å². The predicted octanol–water partition coefficient (Wildman–Crippen LogP) is 4.09. The summed E-state index contributed by atoms with van der Waals surface area (Å²) in [5, 5.41) is 3.31. The Morgan fingerprint density at radius 1 is 1.00 bits per heavy atom. The van der Waals surface area contributed by atoms with Crippen LogP contribution in [0.3, 0.4) is 0 Å². The van der Waals surface area contributed by atoms with Crippen LogP contribution in [0.15, 0.2) is 36.7 Å². The van der Waals surface area contributed by atoms with Gasteiger partial charge in [-0.25, -0.2) is 9.97 Å². The minimum Gasteiger partial charge on any atom is -0.327 e. The fourth-order valence-corrected chi connectivity index (χ4v) is 3.78. The Bertz CT molecular complexity index is 850. The molecule has 2 fully saturated rings. The lowest BCUT2D eigenvalue weighted by Crippen LogP contribution is -2.42. The summed E-state index contributed by atoms with van der Waals surface area (Å²) in [7, 11) is 0. The number of carbonyl (C=O) groups excluding carboxylic acids is 2. The molecule has 0 spiro atoms. The summed E-state index contributed by atoms with van der Waals surface area (Å²) in [5.74, 6) is 0.0834. The first-order valence-corrected chi connectivity index (χ1v) is 10.2. The molecule has 1 aromatic heterocycles. The molecule has 2 aromatic rings. The smallest absolute Gasteiger partial charge is 0.314 e. The zero-order chi connectivity index (χ0) is 19.5. The van der Waals surface area contributed by atoms with Crippen molar-refractivity contribution in [3.63, 3.8) is 0 Å². The van der Waals surface area contributed by atoms with Crippen molar-refractivity contribution < 1.29 is 9.59 Å². The predicted molar refractivity (Wildman–Crippen MR) is 107 cm³/mol. The molecule has 1 atom stereocenters. The lowest BCUT2D eigenvalue weighted by atomic mass is 10.0. The van der Waals surface area contributed by atoms with Gasteiger partial charge in [0.25, 0.3) is 0 Å². The molecular formula is C21H23ClN4O2. The number of carbonyl (C=O) groups is 2. The molecule has 2 heterocycles. The van der Waals surface area contributed by atoms with Gasteiger partial charge in [0.2, 0.25) is 0 Å². The molecule has 2 amide bonds. The van der Waals surface area contributed by atoms with Crippen molar-refractivity contribution in [1.82, 2.24) is 14.9 Å². The SMILES string of the molecule is O=C(Nc1cnc(C2CC2)nc1)C(=O)N1CCCCC[C@@H]1c1ccc(Cl)cc1. The Morgan fingerprint density at radius 3 is 2.39 bits per heavy atom. The van der Waals surface area contributed by atoms with Crippen LogP contribution in [0.25, 0.3) is 0 Å². The average Bonchev–Trinajstić information content (AvgIpc) is 3.55. The second-order valence-electron chi connectivity index (χ2n) is 7.47. The number of nitrogens with one attached hydrogen (secondary N) is 1. The average molecular weight is 399 g/mol. The molecule has 1 N–H and O–H groups in total. The quantitative estimate of drug-likeness (QED) is 0.790. The lowest BCUT2D eigenvalue weighted by Gasteiger charge is -2.30. The van der Waals surface area contributed by atoms with Gasteiger partial charge < -0.3 is 10.2 Å². The van der Waals surface area contributed by atoms with Crippen molar-refractivity contribution in [3.05, 3.63) is 53.1 Å². The number of amides is 2. The molecule has 1 saturated carbocycles. The first-order valence-electron chi connectivity index (χ1n) is 9.81. The number of rotatable bonds is 3. The lowest BCUT2D eigenvalue weighted by molar-refractivity contribution is -0.144. The highest BCUT2D eigenvalue weighted by Crippen LogP contribution is 2.37. The first-order chi connectivity index (χ1) is 13.6. The molecule has 1 aliphatic carbocycles. The molecule has 0 radical (unpaired) electrons. The van der Waals surface area contributed by atoms with Gasteiger partial charge in [0, 0.05) is 17.5 Å². The maximum Gasteiger partial charge on any atom is 0.314 e. The second kappa shape index (κ2) is 8.27. The van der Waals surface area contributed by atoms with Crippen LogP contribution in [-0.4, -0.2) is 33.2 Å². The minimum absolute atomic E-state index is 0.119. The summed E-state index contributed by atoms with van der Waals surface area (Å²) in [6.45, 7) is 0.566. The topological polar surface area (TPSA) is 75.2 Å². The van der Waals surface area contributed by atoms with Gasteiger partial charge >= 0.3 is 11.8 Å². The van der Waals surface area contributed by atoms with E-state index in [1.807, 2.05) is 24.3 Å². The summed E-state index contributed by atoms with van der Waals surface area (Å²) in [6, 6.07) is 7.39. The van der Waals surface area contributed by atoms with Crippen molar-refractivity contribution in [3.8, 4) is 0 Å². The molecule has 1 aromatic carbocycles. The standard InChI is InChI=1S/C21H23ClN4O2/c22-16-9-7-14(8-10-16)18-4-2-1-3-11-26(18)21(28)20(27)25-17-12-23-19(24-13-17)15-5-6-15/h7-10,12-13,15,18H,1-6,11H2,(H,25,27)/t18-/m1/s1. The van der Waals surface area contributed by atoms with Crippen LogP contribution in [0.1, 0.15) is 61.9 Å². The Morgan fingerprint density at radius 2 is 1.71 bits per heavy atom. The van der Waals surface area contributed by atoms with Gasteiger partial charge in [0.15, 0.2) is 0 Å². The van der Waals surface area contributed by atoms with Gasteiger partial charge in [-0.1, -0.05) is 36.6 Å². The molecule has 4 rings (SSSR count). The zero-order valence-corrected chi connectivity index (χ0v) is 16.4. The molecule has 0 unspecified atom stereocenters. The first kappa shape index (κ1) is 18.9. The summed E-state index contributed by atoms with van der Waals surface area (Å²) in [5.41, 5.74) is 1.45. The van der Waals surface area contributed by atoms with Gasteiger partial charge in [-0.15, -0.1) is 0 Å². The van der Waals surface area contributed by atoms with E-state index in [2.05, 4.69) is 15.3 Å². The molecule has 0 bridgehead atoms. The maximum atomic E-state index is 12.9. The monoisotopic (exact) mass is 398 g/mol. The van der Waals surface area contributed by atoms with Crippen molar-refractivity contribution in [2.24, 2.45) is 0 Å². The van der Waals surface area contributed by atoms with Gasteiger partial charge in [-0.2, -0.15) is 0 Å². The second-order valence-corrected chi connectivity index (χ2v) is 7.91. The van der Waals surface area contributed by atoms with E-state index in [4.69, 9.17) is 11.6 Å². The number of benzene rings is 1. The number of aromatic nitrogens is 2.